The van der Waals surface area contributed by atoms with Gasteiger partial charge in [0.15, 0.2) is 0 Å². The summed E-state index contributed by atoms with van der Waals surface area (Å²) < 4.78 is 0. The van der Waals surface area contributed by atoms with E-state index in [4.69, 9.17) is 0 Å². The van der Waals surface area contributed by atoms with E-state index < -0.39 is 0 Å². The highest BCUT2D eigenvalue weighted by Gasteiger charge is 2.45. The first-order valence-corrected chi connectivity index (χ1v) is 5.23. The maximum Gasteiger partial charge on any atom is 0.135 e. The fraction of sp³-hybridized carbons (Fsp3) is 0.909. The molecule has 0 aromatic rings. The standard InChI is InChI=1S/C11H21NO/c1-5-11(3)7-6-9(12-4)10(11)8(2)13/h9-10,12H,5-7H2,1-4H3/t9?,10?,11-/m0/s1. The normalized spacial score (nSPS) is 39.4. The van der Waals surface area contributed by atoms with Gasteiger partial charge in [-0.05, 0) is 38.6 Å². The summed E-state index contributed by atoms with van der Waals surface area (Å²) in [6.07, 6.45) is 3.43. The predicted molar refractivity (Wildman–Crippen MR) is 54.7 cm³/mol. The molecular formula is C11H21NO. The molecule has 0 saturated heterocycles. The van der Waals surface area contributed by atoms with Gasteiger partial charge in [0, 0.05) is 12.0 Å². The van der Waals surface area contributed by atoms with Crippen molar-refractivity contribution in [3.63, 3.8) is 0 Å². The molecule has 0 amide bonds. The molecule has 2 heteroatoms. The van der Waals surface area contributed by atoms with Crippen LogP contribution >= 0.6 is 0 Å². The van der Waals surface area contributed by atoms with Gasteiger partial charge in [0.1, 0.15) is 5.78 Å². The zero-order valence-corrected chi connectivity index (χ0v) is 9.18. The topological polar surface area (TPSA) is 29.1 Å². The number of ketones is 1. The van der Waals surface area contributed by atoms with Crippen LogP contribution in [0.3, 0.4) is 0 Å². The Morgan fingerprint density at radius 3 is 2.62 bits per heavy atom. The first-order chi connectivity index (χ1) is 6.05. The summed E-state index contributed by atoms with van der Waals surface area (Å²) in [5, 5.41) is 3.26. The number of carbonyl (C=O) groups is 1. The molecule has 0 radical (unpaired) electrons. The fourth-order valence-electron chi connectivity index (χ4n) is 2.77. The van der Waals surface area contributed by atoms with Crippen LogP contribution in [0.1, 0.15) is 40.0 Å². The quantitative estimate of drug-likeness (QED) is 0.725. The van der Waals surface area contributed by atoms with Gasteiger partial charge in [-0.1, -0.05) is 13.8 Å². The van der Waals surface area contributed by atoms with E-state index in [0.717, 1.165) is 12.8 Å². The average molecular weight is 183 g/mol. The molecule has 1 N–H and O–H groups in total. The third kappa shape index (κ3) is 1.78. The van der Waals surface area contributed by atoms with Gasteiger partial charge in [-0.15, -0.1) is 0 Å². The number of hydrogen-bond donors (Lipinski definition) is 1. The Bertz CT molecular complexity index is 202. The molecule has 1 fully saturated rings. The van der Waals surface area contributed by atoms with E-state index in [0.29, 0.717) is 11.8 Å². The summed E-state index contributed by atoms with van der Waals surface area (Å²) in [4.78, 5) is 11.5. The molecule has 2 unspecified atom stereocenters. The third-order valence-corrected chi connectivity index (χ3v) is 3.80. The molecule has 1 saturated carbocycles. The molecule has 0 bridgehead atoms. The number of rotatable bonds is 3. The van der Waals surface area contributed by atoms with E-state index in [1.165, 1.54) is 6.42 Å². The van der Waals surface area contributed by atoms with Gasteiger partial charge in [0.25, 0.3) is 0 Å². The predicted octanol–water partition coefficient (Wildman–Crippen LogP) is 1.99. The minimum absolute atomic E-state index is 0.225. The molecule has 0 aliphatic heterocycles. The summed E-state index contributed by atoms with van der Waals surface area (Å²) in [7, 11) is 1.96. The van der Waals surface area contributed by atoms with Crippen LogP contribution in [0.2, 0.25) is 0 Å². The van der Waals surface area contributed by atoms with Crippen molar-refractivity contribution in [2.24, 2.45) is 11.3 Å². The van der Waals surface area contributed by atoms with Gasteiger partial charge in [-0.25, -0.2) is 0 Å². The number of hydrogen-bond acceptors (Lipinski definition) is 2. The highest BCUT2D eigenvalue weighted by Crippen LogP contribution is 2.45. The van der Waals surface area contributed by atoms with E-state index >= 15 is 0 Å². The molecule has 0 heterocycles. The molecule has 3 atom stereocenters. The summed E-state index contributed by atoms with van der Waals surface area (Å²) in [5.74, 6) is 0.573. The van der Waals surface area contributed by atoms with Gasteiger partial charge in [-0.2, -0.15) is 0 Å². The maximum absolute atomic E-state index is 11.5. The van der Waals surface area contributed by atoms with Crippen LogP contribution in [-0.4, -0.2) is 18.9 Å². The van der Waals surface area contributed by atoms with E-state index in [1.807, 2.05) is 7.05 Å². The second-order valence-electron chi connectivity index (χ2n) is 4.53. The molecule has 76 valence electrons. The zero-order chi connectivity index (χ0) is 10.1. The maximum atomic E-state index is 11.5. The molecular weight excluding hydrogens is 162 g/mol. The lowest BCUT2D eigenvalue weighted by Crippen LogP contribution is -2.39. The van der Waals surface area contributed by atoms with Crippen molar-refractivity contribution in [1.29, 1.82) is 0 Å². The Labute approximate surface area is 81.1 Å². The SMILES string of the molecule is CC[C@@]1(C)CCC(NC)C1C(C)=O. The smallest absolute Gasteiger partial charge is 0.135 e. The third-order valence-electron chi connectivity index (χ3n) is 3.80. The molecule has 0 aromatic carbocycles. The molecule has 1 aliphatic carbocycles. The Hall–Kier alpha value is -0.370. The van der Waals surface area contributed by atoms with Gasteiger partial charge < -0.3 is 5.32 Å². The number of carbonyl (C=O) groups excluding carboxylic acids is 1. The van der Waals surface area contributed by atoms with Crippen LogP contribution in [0, 0.1) is 11.3 Å². The van der Waals surface area contributed by atoms with E-state index in [9.17, 15) is 4.79 Å². The summed E-state index contributed by atoms with van der Waals surface area (Å²) >= 11 is 0. The van der Waals surface area contributed by atoms with Gasteiger partial charge in [0.05, 0.1) is 0 Å². The largest absolute Gasteiger partial charge is 0.316 e. The van der Waals surface area contributed by atoms with Crippen molar-refractivity contribution in [3.05, 3.63) is 0 Å². The summed E-state index contributed by atoms with van der Waals surface area (Å²) in [6.45, 7) is 6.17. The van der Waals surface area contributed by atoms with Crippen LogP contribution in [-0.2, 0) is 4.79 Å². The lowest BCUT2D eigenvalue weighted by atomic mass is 9.75. The van der Waals surface area contributed by atoms with Crippen molar-refractivity contribution in [2.45, 2.75) is 46.1 Å². The Morgan fingerprint density at radius 2 is 2.23 bits per heavy atom. The Morgan fingerprint density at radius 1 is 1.62 bits per heavy atom. The van der Waals surface area contributed by atoms with Crippen molar-refractivity contribution < 1.29 is 4.79 Å². The molecule has 1 aliphatic rings. The molecule has 0 aromatic heterocycles. The van der Waals surface area contributed by atoms with Gasteiger partial charge in [0.2, 0.25) is 0 Å². The number of Topliss-reactive ketones (excluding diaryl/α,β-unsaturated/α-hetero) is 1. The van der Waals surface area contributed by atoms with Crippen LogP contribution in [0.4, 0.5) is 0 Å². The number of nitrogens with one attached hydrogen (secondary N) is 1. The van der Waals surface area contributed by atoms with E-state index in [-0.39, 0.29) is 11.3 Å². The fourth-order valence-corrected chi connectivity index (χ4v) is 2.77. The van der Waals surface area contributed by atoms with Crippen molar-refractivity contribution >= 4 is 5.78 Å². The second-order valence-corrected chi connectivity index (χ2v) is 4.53. The Kier molecular flexibility index (Phi) is 3.12. The van der Waals surface area contributed by atoms with Crippen LogP contribution < -0.4 is 5.32 Å². The first kappa shape index (κ1) is 10.7. The van der Waals surface area contributed by atoms with Crippen molar-refractivity contribution in [2.75, 3.05) is 7.05 Å². The van der Waals surface area contributed by atoms with Crippen LogP contribution in [0.15, 0.2) is 0 Å². The summed E-state index contributed by atoms with van der Waals surface area (Å²) in [5.41, 5.74) is 0.236. The minimum atomic E-state index is 0.225. The van der Waals surface area contributed by atoms with Crippen molar-refractivity contribution in [1.82, 2.24) is 5.32 Å². The lowest BCUT2D eigenvalue weighted by molar-refractivity contribution is -0.124. The lowest BCUT2D eigenvalue weighted by Gasteiger charge is -2.31. The van der Waals surface area contributed by atoms with Crippen LogP contribution in [0.5, 0.6) is 0 Å². The summed E-state index contributed by atoms with van der Waals surface area (Å²) in [6, 6.07) is 0.405. The van der Waals surface area contributed by atoms with Crippen LogP contribution in [0.25, 0.3) is 0 Å². The zero-order valence-electron chi connectivity index (χ0n) is 9.18. The second kappa shape index (κ2) is 3.79. The van der Waals surface area contributed by atoms with E-state index in [1.54, 1.807) is 6.92 Å². The average Bonchev–Trinajstić information content (AvgIpc) is 2.43. The monoisotopic (exact) mass is 183 g/mol. The highest BCUT2D eigenvalue weighted by molar-refractivity contribution is 5.80. The van der Waals surface area contributed by atoms with Gasteiger partial charge in [-0.3, -0.25) is 4.79 Å². The minimum Gasteiger partial charge on any atom is -0.316 e. The Balaban J connectivity index is 2.85. The van der Waals surface area contributed by atoms with E-state index in [2.05, 4.69) is 19.2 Å². The van der Waals surface area contributed by atoms with Crippen molar-refractivity contribution in [3.8, 4) is 0 Å². The molecule has 2 nitrogen and oxygen atoms in total. The molecule has 13 heavy (non-hydrogen) atoms. The highest BCUT2D eigenvalue weighted by atomic mass is 16.1. The van der Waals surface area contributed by atoms with Gasteiger partial charge >= 0.3 is 0 Å². The molecule has 1 rings (SSSR count). The first-order valence-electron chi connectivity index (χ1n) is 5.23. The molecule has 0 spiro atoms.